The van der Waals surface area contributed by atoms with Crippen molar-refractivity contribution in [2.75, 3.05) is 45.9 Å². The van der Waals surface area contributed by atoms with Crippen LogP contribution in [0.25, 0.3) is 0 Å². The molecule has 3 heteroatoms. The predicted molar refractivity (Wildman–Crippen MR) is 66.7 cm³/mol. The summed E-state index contributed by atoms with van der Waals surface area (Å²) >= 11 is 0. The second-order valence-electron chi connectivity index (χ2n) is 5.49. The Bertz CT molecular complexity index is 194. The van der Waals surface area contributed by atoms with Crippen molar-refractivity contribution in [3.63, 3.8) is 0 Å². The quantitative estimate of drug-likeness (QED) is 0.724. The van der Waals surface area contributed by atoms with Crippen LogP contribution in [0.1, 0.15) is 26.7 Å². The van der Waals surface area contributed by atoms with E-state index in [-0.39, 0.29) is 0 Å². The molecule has 2 heterocycles. The van der Waals surface area contributed by atoms with Gasteiger partial charge in [0, 0.05) is 52.0 Å². The van der Waals surface area contributed by atoms with Gasteiger partial charge in [0.1, 0.15) is 0 Å². The van der Waals surface area contributed by atoms with Crippen molar-refractivity contribution in [2.24, 2.45) is 5.92 Å². The molecule has 0 aromatic carbocycles. The first-order valence-electron chi connectivity index (χ1n) is 6.80. The molecule has 2 saturated heterocycles. The minimum Gasteiger partial charge on any atom is -0.381 e. The predicted octanol–water partition coefficient (Wildman–Crippen LogP) is 1.44. The van der Waals surface area contributed by atoms with E-state index in [1.165, 1.54) is 45.6 Å². The van der Waals surface area contributed by atoms with Crippen LogP contribution in [-0.4, -0.2) is 61.8 Å². The molecule has 0 atom stereocenters. The standard InChI is InChI=1S/C13H26N2O/c1-12(2)15-7-5-14(6-8-15)11-13-3-9-16-10-4-13/h12-13H,3-11H2,1-2H3. The summed E-state index contributed by atoms with van der Waals surface area (Å²) < 4.78 is 5.41. The lowest BCUT2D eigenvalue weighted by atomic mass is 9.99. The average Bonchev–Trinajstić information content (AvgIpc) is 2.31. The highest BCUT2D eigenvalue weighted by molar-refractivity contribution is 4.77. The monoisotopic (exact) mass is 226 g/mol. The van der Waals surface area contributed by atoms with Gasteiger partial charge in [0.05, 0.1) is 0 Å². The minimum atomic E-state index is 0.713. The molecule has 2 aliphatic rings. The van der Waals surface area contributed by atoms with Crippen LogP contribution in [0.15, 0.2) is 0 Å². The third-order valence-electron chi connectivity index (χ3n) is 3.99. The highest BCUT2D eigenvalue weighted by Gasteiger charge is 2.22. The normalized spacial score (nSPS) is 26.4. The molecule has 3 nitrogen and oxygen atoms in total. The summed E-state index contributed by atoms with van der Waals surface area (Å²) in [5, 5.41) is 0. The van der Waals surface area contributed by atoms with E-state index >= 15 is 0 Å². The van der Waals surface area contributed by atoms with Crippen LogP contribution in [0.5, 0.6) is 0 Å². The molecule has 94 valence electrons. The van der Waals surface area contributed by atoms with Crippen molar-refractivity contribution in [1.82, 2.24) is 9.80 Å². The topological polar surface area (TPSA) is 15.7 Å². The maximum atomic E-state index is 5.41. The largest absolute Gasteiger partial charge is 0.381 e. The molecule has 0 aromatic heterocycles. The Balaban J connectivity index is 1.68. The first-order chi connectivity index (χ1) is 7.75. The Labute approximate surface area is 99.7 Å². The van der Waals surface area contributed by atoms with Crippen LogP contribution in [0.2, 0.25) is 0 Å². The first kappa shape index (κ1) is 12.3. The second-order valence-corrected chi connectivity index (χ2v) is 5.49. The van der Waals surface area contributed by atoms with Gasteiger partial charge in [-0.15, -0.1) is 0 Å². The molecule has 0 spiro atoms. The lowest BCUT2D eigenvalue weighted by Gasteiger charge is -2.38. The molecule has 2 rings (SSSR count). The highest BCUT2D eigenvalue weighted by Crippen LogP contribution is 2.17. The van der Waals surface area contributed by atoms with Gasteiger partial charge < -0.3 is 9.64 Å². The molecular formula is C13H26N2O. The number of rotatable bonds is 3. The van der Waals surface area contributed by atoms with Gasteiger partial charge in [-0.3, -0.25) is 4.90 Å². The van der Waals surface area contributed by atoms with E-state index < -0.39 is 0 Å². The number of ether oxygens (including phenoxy) is 1. The molecule has 0 saturated carbocycles. The Morgan fingerprint density at radius 3 is 2.25 bits per heavy atom. The maximum absolute atomic E-state index is 5.41. The Hall–Kier alpha value is -0.120. The summed E-state index contributed by atoms with van der Waals surface area (Å²) in [6.45, 7) is 12.9. The van der Waals surface area contributed by atoms with Crippen molar-refractivity contribution in [1.29, 1.82) is 0 Å². The van der Waals surface area contributed by atoms with E-state index in [0.29, 0.717) is 6.04 Å². The van der Waals surface area contributed by atoms with Crippen molar-refractivity contribution < 1.29 is 4.74 Å². The Kier molecular flexibility index (Phi) is 4.62. The molecule has 0 amide bonds. The first-order valence-corrected chi connectivity index (χ1v) is 6.80. The molecule has 0 unspecified atom stereocenters. The van der Waals surface area contributed by atoms with Crippen LogP contribution in [0.4, 0.5) is 0 Å². The molecule has 2 fully saturated rings. The third kappa shape index (κ3) is 3.44. The van der Waals surface area contributed by atoms with Crippen molar-refractivity contribution in [3.8, 4) is 0 Å². The SMILES string of the molecule is CC(C)N1CCN(CC2CCOCC2)CC1. The number of nitrogens with zero attached hydrogens (tertiary/aromatic N) is 2. The van der Waals surface area contributed by atoms with E-state index in [4.69, 9.17) is 4.74 Å². The molecule has 0 aromatic rings. The van der Waals surface area contributed by atoms with Gasteiger partial charge in [0.2, 0.25) is 0 Å². The Morgan fingerprint density at radius 1 is 1.06 bits per heavy atom. The van der Waals surface area contributed by atoms with E-state index in [2.05, 4.69) is 23.6 Å². The van der Waals surface area contributed by atoms with E-state index in [9.17, 15) is 0 Å². The van der Waals surface area contributed by atoms with Crippen LogP contribution < -0.4 is 0 Å². The van der Waals surface area contributed by atoms with Crippen molar-refractivity contribution in [3.05, 3.63) is 0 Å². The van der Waals surface area contributed by atoms with Crippen LogP contribution >= 0.6 is 0 Å². The molecule has 16 heavy (non-hydrogen) atoms. The highest BCUT2D eigenvalue weighted by atomic mass is 16.5. The van der Waals surface area contributed by atoms with Gasteiger partial charge in [-0.05, 0) is 32.6 Å². The summed E-state index contributed by atoms with van der Waals surface area (Å²) in [5.41, 5.74) is 0. The van der Waals surface area contributed by atoms with Gasteiger partial charge in [-0.25, -0.2) is 0 Å². The summed E-state index contributed by atoms with van der Waals surface area (Å²) in [7, 11) is 0. The summed E-state index contributed by atoms with van der Waals surface area (Å²) in [5.74, 6) is 0.888. The molecule has 0 N–H and O–H groups in total. The van der Waals surface area contributed by atoms with E-state index in [1.54, 1.807) is 0 Å². The zero-order valence-electron chi connectivity index (χ0n) is 10.8. The molecular weight excluding hydrogens is 200 g/mol. The summed E-state index contributed by atoms with van der Waals surface area (Å²) in [4.78, 5) is 5.23. The van der Waals surface area contributed by atoms with Gasteiger partial charge in [-0.1, -0.05) is 0 Å². The Morgan fingerprint density at radius 2 is 1.69 bits per heavy atom. The zero-order valence-corrected chi connectivity index (χ0v) is 10.8. The van der Waals surface area contributed by atoms with Gasteiger partial charge in [-0.2, -0.15) is 0 Å². The molecule has 2 aliphatic heterocycles. The van der Waals surface area contributed by atoms with Gasteiger partial charge >= 0.3 is 0 Å². The molecule has 0 aliphatic carbocycles. The van der Waals surface area contributed by atoms with Crippen LogP contribution in [0.3, 0.4) is 0 Å². The fourth-order valence-corrected chi connectivity index (χ4v) is 2.76. The van der Waals surface area contributed by atoms with Crippen molar-refractivity contribution >= 4 is 0 Å². The fourth-order valence-electron chi connectivity index (χ4n) is 2.76. The third-order valence-corrected chi connectivity index (χ3v) is 3.99. The minimum absolute atomic E-state index is 0.713. The van der Waals surface area contributed by atoms with Gasteiger partial charge in [0.15, 0.2) is 0 Å². The maximum Gasteiger partial charge on any atom is 0.0469 e. The molecule has 0 bridgehead atoms. The van der Waals surface area contributed by atoms with E-state index in [1.807, 2.05) is 0 Å². The number of hydrogen-bond acceptors (Lipinski definition) is 3. The molecule has 0 radical (unpaired) electrons. The lowest BCUT2D eigenvalue weighted by Crippen LogP contribution is -2.50. The summed E-state index contributed by atoms with van der Waals surface area (Å²) in [6, 6.07) is 0.713. The lowest BCUT2D eigenvalue weighted by molar-refractivity contribution is 0.0388. The van der Waals surface area contributed by atoms with Gasteiger partial charge in [0.25, 0.3) is 0 Å². The fraction of sp³-hybridized carbons (Fsp3) is 1.00. The van der Waals surface area contributed by atoms with E-state index in [0.717, 1.165) is 19.1 Å². The second kappa shape index (κ2) is 5.99. The van der Waals surface area contributed by atoms with Crippen molar-refractivity contribution in [2.45, 2.75) is 32.7 Å². The van der Waals surface area contributed by atoms with Crippen LogP contribution in [-0.2, 0) is 4.74 Å². The number of hydrogen-bond donors (Lipinski definition) is 0. The van der Waals surface area contributed by atoms with Crippen LogP contribution in [0, 0.1) is 5.92 Å². The smallest absolute Gasteiger partial charge is 0.0469 e. The average molecular weight is 226 g/mol. The zero-order chi connectivity index (χ0) is 11.4. The number of piperazine rings is 1. The summed E-state index contributed by atoms with van der Waals surface area (Å²) in [6.07, 6.45) is 2.54.